The molecule has 1 fully saturated rings. The average Bonchev–Trinajstić information content (AvgIpc) is 3.60. The van der Waals surface area contributed by atoms with Crippen LogP contribution in [-0.2, 0) is 34.5 Å². The van der Waals surface area contributed by atoms with E-state index in [0.29, 0.717) is 6.42 Å². The number of hydrogen-bond donors (Lipinski definition) is 2. The molecule has 2 aromatic rings. The maximum atomic E-state index is 13.6. The molecule has 3 unspecified atom stereocenters. The number of carboxylic acids is 1. The number of rotatable bonds is 24. The SMILES string of the molecule is CCCCC(CCC)CCCCCCCCCC(=O)OC(C)(C1=C(C(=O)[O-])N2C(=O)C(NC(=O)/C(=N\OCC)c3nsc(N)n3)[C@H]2SC1)[n+]1ccccc1. The van der Waals surface area contributed by atoms with E-state index in [9.17, 15) is 24.3 Å². The molecule has 2 aliphatic rings. The summed E-state index contributed by atoms with van der Waals surface area (Å²) in [6.45, 7) is 7.99. The minimum Gasteiger partial charge on any atom is -0.543 e. The summed E-state index contributed by atoms with van der Waals surface area (Å²) in [5.74, 6) is -2.69. The smallest absolute Gasteiger partial charge is 0.337 e. The molecule has 3 N–H and O–H groups in total. The van der Waals surface area contributed by atoms with Crippen LogP contribution in [0.5, 0.6) is 0 Å². The number of thioether (sulfide) groups is 1. The van der Waals surface area contributed by atoms with E-state index in [2.05, 4.69) is 33.7 Å². The number of carbonyl (C=O) groups is 4. The van der Waals surface area contributed by atoms with Gasteiger partial charge in [-0.1, -0.05) is 102 Å². The number of aliphatic carboxylic acids is 1. The zero-order valence-corrected chi connectivity index (χ0v) is 33.6. The summed E-state index contributed by atoms with van der Waals surface area (Å²) in [5.41, 5.74) is 3.61. The van der Waals surface area contributed by atoms with Crippen molar-refractivity contribution in [2.24, 2.45) is 11.1 Å². The van der Waals surface area contributed by atoms with Gasteiger partial charge in [0, 0.05) is 42.8 Å². The molecule has 4 atom stereocenters. The minimum absolute atomic E-state index is 0.0671. The number of esters is 1. The summed E-state index contributed by atoms with van der Waals surface area (Å²) < 4.78 is 11.8. The van der Waals surface area contributed by atoms with Crippen molar-refractivity contribution in [1.29, 1.82) is 0 Å². The van der Waals surface area contributed by atoms with E-state index in [-0.39, 0.29) is 41.0 Å². The molecule has 16 heteroatoms. The van der Waals surface area contributed by atoms with Crippen LogP contribution in [0.15, 0.2) is 47.0 Å². The first-order valence-electron chi connectivity index (χ1n) is 19.2. The number of carboxylic acid groups (broad SMARTS) is 1. The Hall–Kier alpha value is -4.05. The van der Waals surface area contributed by atoms with Gasteiger partial charge in [0.05, 0.1) is 17.2 Å². The minimum atomic E-state index is -1.60. The Morgan fingerprint density at radius 2 is 1.72 bits per heavy atom. The molecular weight excluding hydrogens is 731 g/mol. The van der Waals surface area contributed by atoms with Gasteiger partial charge in [0.2, 0.25) is 11.5 Å². The number of aromatic nitrogens is 3. The predicted molar refractivity (Wildman–Crippen MR) is 205 cm³/mol. The lowest BCUT2D eigenvalue weighted by molar-refractivity contribution is -0.789. The van der Waals surface area contributed by atoms with Crippen LogP contribution < -0.4 is 20.7 Å². The number of nitrogens with two attached hydrogens (primary N) is 1. The standard InChI is InChI=1S/C38H55N7O7S2/c1-5-8-20-26(19-6-2)21-15-12-10-9-11-13-16-22-28(46)52-38(4,44-23-17-14-18-24-44)27-25-53-35-30(34(48)45(35)31(27)36(49)50)40-33(47)29(42-51-7-3)32-41-37(39)54-43-32/h14,17-18,23-24,26,30,35H,5-13,15-16,19-22,25H2,1-4H3,(H3-,39,40,41,43,47,49,50)/b42-29-/t26?,30?,35-,38?/m1/s1. The second-order valence-corrected chi connectivity index (χ2v) is 15.7. The monoisotopic (exact) mass is 785 g/mol. The van der Waals surface area contributed by atoms with Gasteiger partial charge in [-0.05, 0) is 19.3 Å². The fourth-order valence-corrected chi connectivity index (χ4v) is 8.87. The molecule has 0 aromatic carbocycles. The van der Waals surface area contributed by atoms with Gasteiger partial charge in [-0.25, -0.2) is 0 Å². The third kappa shape index (κ3) is 11.0. The van der Waals surface area contributed by atoms with Gasteiger partial charge in [-0.15, -0.1) is 11.8 Å². The first kappa shape index (κ1) is 42.7. The Bertz CT molecular complexity index is 1640. The topological polar surface area (TPSA) is 193 Å². The molecule has 0 bridgehead atoms. The molecule has 4 heterocycles. The van der Waals surface area contributed by atoms with E-state index in [4.69, 9.17) is 15.3 Å². The Morgan fingerprint density at radius 1 is 1.04 bits per heavy atom. The highest BCUT2D eigenvalue weighted by atomic mass is 32.2. The number of anilines is 1. The molecule has 2 aliphatic heterocycles. The maximum absolute atomic E-state index is 13.6. The quantitative estimate of drug-likeness (QED) is 0.0378. The third-order valence-electron chi connectivity index (χ3n) is 9.84. The highest BCUT2D eigenvalue weighted by Crippen LogP contribution is 2.44. The zero-order valence-electron chi connectivity index (χ0n) is 31.9. The van der Waals surface area contributed by atoms with Crippen LogP contribution in [0.1, 0.15) is 123 Å². The number of nitrogen functional groups attached to an aromatic ring is 1. The van der Waals surface area contributed by atoms with Crippen molar-refractivity contribution in [3.05, 3.63) is 47.7 Å². The number of oxime groups is 1. The van der Waals surface area contributed by atoms with Gasteiger partial charge in [-0.2, -0.15) is 13.9 Å². The van der Waals surface area contributed by atoms with E-state index in [1.165, 1.54) is 69.5 Å². The number of amides is 2. The van der Waals surface area contributed by atoms with Crippen LogP contribution in [0.25, 0.3) is 0 Å². The molecular formula is C38H55N7O7S2. The van der Waals surface area contributed by atoms with Gasteiger partial charge in [0.15, 0.2) is 17.5 Å². The van der Waals surface area contributed by atoms with Crippen LogP contribution in [0, 0.1) is 5.92 Å². The average molecular weight is 786 g/mol. The number of pyridine rings is 1. The zero-order chi connectivity index (χ0) is 39.1. The fraction of sp³-hybridized carbons (Fsp3) is 0.632. The lowest BCUT2D eigenvalue weighted by atomic mass is 9.91. The molecule has 4 rings (SSSR count). The maximum Gasteiger partial charge on any atom is 0.337 e. The van der Waals surface area contributed by atoms with Crippen molar-refractivity contribution in [2.75, 3.05) is 18.1 Å². The van der Waals surface area contributed by atoms with E-state index in [1.807, 2.05) is 0 Å². The van der Waals surface area contributed by atoms with Crippen LogP contribution in [-0.4, -0.2) is 67.5 Å². The fourth-order valence-electron chi connectivity index (χ4n) is 6.96. The second-order valence-electron chi connectivity index (χ2n) is 13.8. The summed E-state index contributed by atoms with van der Waals surface area (Å²) in [6.07, 6.45) is 18.8. The van der Waals surface area contributed by atoms with Crippen molar-refractivity contribution >= 4 is 57.9 Å². The predicted octanol–water partition coefficient (Wildman–Crippen LogP) is 4.59. The number of nitrogens with one attached hydrogen (secondary N) is 1. The molecule has 2 aromatic heterocycles. The van der Waals surface area contributed by atoms with E-state index in [0.717, 1.165) is 41.6 Å². The Kier molecular flexibility index (Phi) is 16.7. The molecule has 0 aliphatic carbocycles. The van der Waals surface area contributed by atoms with Crippen molar-refractivity contribution in [1.82, 2.24) is 19.6 Å². The number of hydrogen-bond acceptors (Lipinski definition) is 13. The number of carbonyl (C=O) groups excluding carboxylic acids is 4. The number of nitrogens with zero attached hydrogens (tertiary/aromatic N) is 5. The van der Waals surface area contributed by atoms with E-state index >= 15 is 0 Å². The second kappa shape index (κ2) is 21.1. The number of unbranched alkanes of at least 4 members (excludes halogenated alkanes) is 7. The van der Waals surface area contributed by atoms with Crippen molar-refractivity contribution in [2.45, 2.75) is 135 Å². The Labute approximate surface area is 326 Å². The van der Waals surface area contributed by atoms with E-state index < -0.39 is 46.6 Å². The molecule has 0 radical (unpaired) electrons. The highest BCUT2D eigenvalue weighted by Gasteiger charge is 2.57. The summed E-state index contributed by atoms with van der Waals surface area (Å²) in [4.78, 5) is 63.1. The van der Waals surface area contributed by atoms with Gasteiger partial charge in [0.25, 0.3) is 11.8 Å². The van der Waals surface area contributed by atoms with E-state index in [1.54, 1.807) is 49.0 Å². The summed E-state index contributed by atoms with van der Waals surface area (Å²) in [7, 11) is 0. The van der Waals surface area contributed by atoms with Gasteiger partial charge < -0.3 is 30.5 Å². The normalized spacial score (nSPS) is 18.7. The van der Waals surface area contributed by atoms with Gasteiger partial charge in [-0.3, -0.25) is 19.3 Å². The number of fused-ring (bicyclic) bond motifs is 1. The van der Waals surface area contributed by atoms with Crippen molar-refractivity contribution in [3.8, 4) is 0 Å². The van der Waals surface area contributed by atoms with Crippen LogP contribution in [0.2, 0.25) is 0 Å². The first-order chi connectivity index (χ1) is 26.0. The van der Waals surface area contributed by atoms with Crippen molar-refractivity contribution in [3.63, 3.8) is 0 Å². The molecule has 296 valence electrons. The third-order valence-corrected chi connectivity index (χ3v) is 11.7. The summed E-state index contributed by atoms with van der Waals surface area (Å²) >= 11 is 2.10. The van der Waals surface area contributed by atoms with Crippen molar-refractivity contribution < 1.29 is 38.4 Å². The first-order valence-corrected chi connectivity index (χ1v) is 21.1. The van der Waals surface area contributed by atoms with Crippen LogP contribution in [0.4, 0.5) is 5.13 Å². The molecule has 0 spiro atoms. The Balaban J connectivity index is 1.38. The molecule has 2 amide bonds. The summed E-state index contributed by atoms with van der Waals surface area (Å²) in [5, 5.41) is 18.5. The number of ether oxygens (including phenoxy) is 1. The van der Waals surface area contributed by atoms with Crippen LogP contribution >= 0.6 is 23.3 Å². The summed E-state index contributed by atoms with van der Waals surface area (Å²) in [6, 6.07) is 4.18. The lowest BCUT2D eigenvalue weighted by Crippen LogP contribution is -2.73. The number of β-lactam (4-membered cyclic amide) rings is 1. The molecule has 1 saturated heterocycles. The Morgan fingerprint density at radius 3 is 2.35 bits per heavy atom. The molecule has 14 nitrogen and oxygen atoms in total. The largest absolute Gasteiger partial charge is 0.543 e. The van der Waals surface area contributed by atoms with Gasteiger partial charge >= 0.3 is 11.7 Å². The molecule has 54 heavy (non-hydrogen) atoms. The van der Waals surface area contributed by atoms with Crippen LogP contribution in [0.3, 0.4) is 0 Å². The van der Waals surface area contributed by atoms with Gasteiger partial charge in [0.1, 0.15) is 18.0 Å². The highest BCUT2D eigenvalue weighted by molar-refractivity contribution is 8.00. The molecule has 0 saturated carbocycles. The lowest BCUT2D eigenvalue weighted by Gasteiger charge is -2.51.